The monoisotopic (exact) mass is 788 g/mol. The summed E-state index contributed by atoms with van der Waals surface area (Å²) in [6, 6.07) is 49.0. The molecule has 6 aromatic carbocycles. The second-order valence-electron chi connectivity index (χ2n) is 18.5. The summed E-state index contributed by atoms with van der Waals surface area (Å²) >= 11 is 0. The molecule has 8 aromatic rings. The van der Waals surface area contributed by atoms with Crippen LogP contribution in [0.25, 0.3) is 83.7 Å². The van der Waals surface area contributed by atoms with Crippen molar-refractivity contribution in [3.63, 3.8) is 0 Å². The van der Waals surface area contributed by atoms with Crippen LogP contribution in [0.2, 0.25) is 0 Å². The van der Waals surface area contributed by atoms with Gasteiger partial charge in [-0.1, -0.05) is 142 Å². The predicted molar refractivity (Wildman–Crippen MR) is 250 cm³/mol. The van der Waals surface area contributed by atoms with Gasteiger partial charge in [-0.15, -0.1) is 0 Å². The number of hydrogen-bond donors (Lipinski definition) is 0. The number of nitrogens with zero attached hydrogens (tertiary/aromatic N) is 2. The van der Waals surface area contributed by atoms with E-state index in [-0.39, 0.29) is 10.8 Å². The number of hydrogen-bond acceptors (Lipinski definition) is 3. The second kappa shape index (κ2) is 13.6. The molecule has 13 rings (SSSR count). The van der Waals surface area contributed by atoms with Crippen LogP contribution in [0.4, 0.5) is 0 Å². The largest absolute Gasteiger partial charge is 0.456 e. The normalized spacial score (nSPS) is 18.2. The summed E-state index contributed by atoms with van der Waals surface area (Å²) in [5, 5.41) is 2.24. The average Bonchev–Trinajstić information content (AvgIpc) is 3.92. The Bertz CT molecular complexity index is 3130. The molecule has 5 aliphatic carbocycles. The molecule has 0 N–H and O–H groups in total. The molecule has 0 saturated heterocycles. The third kappa shape index (κ3) is 5.35. The molecule has 3 nitrogen and oxygen atoms in total. The third-order valence-electron chi connectivity index (χ3n) is 15.3. The zero-order valence-electron chi connectivity index (χ0n) is 34.6. The van der Waals surface area contributed by atoms with E-state index in [1.54, 1.807) is 33.4 Å². The second-order valence-corrected chi connectivity index (χ2v) is 18.5. The Kier molecular flexibility index (Phi) is 7.90. The van der Waals surface area contributed by atoms with Gasteiger partial charge in [-0.05, 0) is 137 Å². The Morgan fingerprint density at radius 3 is 1.85 bits per heavy atom. The summed E-state index contributed by atoms with van der Waals surface area (Å²) < 4.78 is 6.30. The van der Waals surface area contributed by atoms with Gasteiger partial charge in [-0.25, -0.2) is 9.97 Å². The van der Waals surface area contributed by atoms with Crippen LogP contribution in [0, 0.1) is 0 Å². The molecule has 0 bridgehead atoms. The maximum atomic E-state index is 6.30. The molecular weight excluding hydrogens is 741 g/mol. The van der Waals surface area contributed by atoms with Crippen molar-refractivity contribution in [2.24, 2.45) is 0 Å². The first-order valence-electron chi connectivity index (χ1n) is 22.9. The highest BCUT2D eigenvalue weighted by atomic mass is 16.3. The molecule has 0 radical (unpaired) electrons. The van der Waals surface area contributed by atoms with Crippen molar-refractivity contribution >= 4 is 27.5 Å². The molecule has 2 fully saturated rings. The van der Waals surface area contributed by atoms with E-state index in [2.05, 4.69) is 115 Å². The first-order chi connectivity index (χ1) is 30.1. The summed E-state index contributed by atoms with van der Waals surface area (Å²) in [6.45, 7) is 0. The summed E-state index contributed by atoms with van der Waals surface area (Å²) in [6.07, 6.45) is 20.7. The van der Waals surface area contributed by atoms with E-state index < -0.39 is 0 Å². The number of benzene rings is 6. The van der Waals surface area contributed by atoms with Gasteiger partial charge in [0.05, 0.1) is 11.4 Å². The zero-order valence-corrected chi connectivity index (χ0v) is 34.6. The van der Waals surface area contributed by atoms with Crippen molar-refractivity contribution < 1.29 is 4.42 Å². The molecule has 61 heavy (non-hydrogen) atoms. The van der Waals surface area contributed by atoms with Gasteiger partial charge in [0.25, 0.3) is 0 Å². The maximum Gasteiger partial charge on any atom is 0.160 e. The number of aromatic nitrogens is 2. The molecular formula is C58H48N2O. The summed E-state index contributed by atoms with van der Waals surface area (Å²) in [5.41, 5.74) is 22.1. The highest BCUT2D eigenvalue weighted by molar-refractivity contribution is 6.06. The fourth-order valence-corrected chi connectivity index (χ4v) is 12.4. The average molecular weight is 789 g/mol. The minimum absolute atomic E-state index is 0.123. The van der Waals surface area contributed by atoms with Gasteiger partial charge in [0, 0.05) is 38.3 Å². The lowest BCUT2D eigenvalue weighted by Gasteiger charge is -2.37. The number of allylic oxidation sites excluding steroid dienone is 4. The number of para-hydroxylation sites is 1. The lowest BCUT2D eigenvalue weighted by Crippen LogP contribution is -2.29. The van der Waals surface area contributed by atoms with Gasteiger partial charge in [0.15, 0.2) is 5.82 Å². The van der Waals surface area contributed by atoms with E-state index in [9.17, 15) is 0 Å². The lowest BCUT2D eigenvalue weighted by atomic mass is 9.66. The van der Waals surface area contributed by atoms with Crippen LogP contribution in [-0.4, -0.2) is 9.97 Å². The molecule has 0 amide bonds. The zero-order chi connectivity index (χ0) is 40.1. The van der Waals surface area contributed by atoms with Crippen LogP contribution in [0.5, 0.6) is 0 Å². The van der Waals surface area contributed by atoms with Crippen LogP contribution in [0.1, 0.15) is 99.3 Å². The van der Waals surface area contributed by atoms with Crippen LogP contribution in [0.3, 0.4) is 0 Å². The SMILES string of the molecule is C1=C2C(=CCC1)C1(CCCCC1)c1cc3c(cc12)C1(CCCCC1)c1ccc(-c2ccc(-c4cc(-c5ccc6c(c5)oc5ccccc56)nc(-c5ccccc5)n4)cc2)cc1-3. The van der Waals surface area contributed by atoms with E-state index in [4.69, 9.17) is 14.4 Å². The van der Waals surface area contributed by atoms with Crippen LogP contribution >= 0.6 is 0 Å². The fraction of sp³-hybridized carbons (Fsp3) is 0.241. The van der Waals surface area contributed by atoms with Gasteiger partial charge < -0.3 is 4.42 Å². The van der Waals surface area contributed by atoms with Gasteiger partial charge in [-0.3, -0.25) is 0 Å². The van der Waals surface area contributed by atoms with Gasteiger partial charge in [0.1, 0.15) is 11.2 Å². The standard InChI is InChI=1S/C58H48N2O/c1-4-14-39(15-5-1)56-59-52(36-53(60-56)41-24-26-44-43-17-7-9-19-54(43)61-55(44)33-41)38-22-20-37(21-23-38)40-25-27-49-45(32-40)47-35-50-46(34-51(47)58(49)30-12-3-13-31-58)42-16-6-8-18-48(42)57(50)28-10-2-11-29-57/h1,4-5,7,9,14-27,32-36H,2-3,6,8,10-13,28-31H2. The molecule has 0 unspecified atom stereocenters. The van der Waals surface area contributed by atoms with Crippen molar-refractivity contribution in [2.45, 2.75) is 87.9 Å². The van der Waals surface area contributed by atoms with Gasteiger partial charge in [-0.2, -0.15) is 0 Å². The van der Waals surface area contributed by atoms with Crippen LogP contribution < -0.4 is 0 Å². The van der Waals surface area contributed by atoms with Gasteiger partial charge >= 0.3 is 0 Å². The third-order valence-corrected chi connectivity index (χ3v) is 15.3. The fourth-order valence-electron chi connectivity index (χ4n) is 12.4. The van der Waals surface area contributed by atoms with Crippen molar-refractivity contribution in [1.29, 1.82) is 0 Å². The van der Waals surface area contributed by atoms with E-state index in [1.165, 1.54) is 99.3 Å². The Balaban J connectivity index is 0.902. The minimum Gasteiger partial charge on any atom is -0.456 e. The maximum absolute atomic E-state index is 6.30. The first-order valence-corrected chi connectivity index (χ1v) is 22.9. The molecule has 0 atom stereocenters. The van der Waals surface area contributed by atoms with E-state index in [1.807, 2.05) is 30.3 Å². The molecule has 296 valence electrons. The highest BCUT2D eigenvalue weighted by Gasteiger charge is 2.50. The molecule has 2 spiro atoms. The van der Waals surface area contributed by atoms with E-state index >= 15 is 0 Å². The Labute approximate surface area is 357 Å². The van der Waals surface area contributed by atoms with Crippen molar-refractivity contribution in [3.8, 4) is 56.2 Å². The van der Waals surface area contributed by atoms with Crippen LogP contribution in [-0.2, 0) is 10.8 Å². The molecule has 3 heteroatoms. The Morgan fingerprint density at radius 2 is 1.03 bits per heavy atom. The number of furan rings is 1. The molecule has 2 aromatic heterocycles. The van der Waals surface area contributed by atoms with Gasteiger partial charge in [0.2, 0.25) is 0 Å². The van der Waals surface area contributed by atoms with Crippen molar-refractivity contribution in [2.75, 3.05) is 0 Å². The lowest BCUT2D eigenvalue weighted by molar-refractivity contribution is 0.349. The summed E-state index contributed by atoms with van der Waals surface area (Å²) in [4.78, 5) is 10.3. The predicted octanol–water partition coefficient (Wildman–Crippen LogP) is 15.6. The number of rotatable bonds is 4. The summed E-state index contributed by atoms with van der Waals surface area (Å²) in [7, 11) is 0. The van der Waals surface area contributed by atoms with E-state index in [0.717, 1.165) is 50.0 Å². The topological polar surface area (TPSA) is 38.9 Å². The highest BCUT2D eigenvalue weighted by Crippen LogP contribution is 2.63. The van der Waals surface area contributed by atoms with Crippen molar-refractivity contribution in [3.05, 3.63) is 173 Å². The first kappa shape index (κ1) is 35.4. The quantitative estimate of drug-likeness (QED) is 0.178. The Morgan fingerprint density at radius 1 is 0.410 bits per heavy atom. The minimum atomic E-state index is 0.123. The summed E-state index contributed by atoms with van der Waals surface area (Å²) in [5.74, 6) is 0.712. The smallest absolute Gasteiger partial charge is 0.160 e. The van der Waals surface area contributed by atoms with Crippen LogP contribution in [0.15, 0.2) is 156 Å². The molecule has 0 aliphatic heterocycles. The number of fused-ring (bicyclic) bond motifs is 13. The molecule has 5 aliphatic rings. The van der Waals surface area contributed by atoms with Crippen molar-refractivity contribution in [1.82, 2.24) is 9.97 Å². The van der Waals surface area contributed by atoms with E-state index in [0.29, 0.717) is 5.82 Å². The molecule has 2 heterocycles. The molecule has 2 saturated carbocycles. The Hall–Kier alpha value is -6.32.